The molecule has 0 bridgehead atoms. The second-order valence-electron chi connectivity index (χ2n) is 1.03. The molecule has 16 heavy (non-hydrogen) atoms. The van der Waals surface area contributed by atoms with E-state index in [2.05, 4.69) is 0 Å². The fourth-order valence-electron chi connectivity index (χ4n) is 0. The fraction of sp³-hybridized carbons (Fsp3) is 1.00. The monoisotopic (exact) mass is 316 g/mol. The summed E-state index contributed by atoms with van der Waals surface area (Å²) in [4.78, 5) is 43.1. The van der Waals surface area contributed by atoms with Crippen molar-refractivity contribution in [2.24, 2.45) is 0 Å². The van der Waals surface area contributed by atoms with E-state index < -0.39 is 15.6 Å². The third-order valence-corrected chi connectivity index (χ3v) is 0. The molecule has 0 radical (unpaired) electrons. The summed E-state index contributed by atoms with van der Waals surface area (Å²) in [7, 11) is -9.28. The third kappa shape index (κ3) is 445. The molecule has 0 aromatic carbocycles. The maximum Gasteiger partial charge on any atom is 1.00 e. The van der Waals surface area contributed by atoms with E-state index in [1.165, 1.54) is 0 Å². The normalized spacial score (nSPS) is 7.75. The Morgan fingerprint density at radius 3 is 0.688 bits per heavy atom. The summed E-state index contributed by atoms with van der Waals surface area (Å²) in [6.07, 6.45) is 0. The third-order valence-electron chi connectivity index (χ3n) is 0. The van der Waals surface area contributed by atoms with Gasteiger partial charge in [0.15, 0.2) is 0 Å². The molecule has 0 amide bonds. The molecule has 0 heterocycles. The molecular weight excluding hydrogens is 299 g/mol. The molecule has 0 rings (SSSR count). The van der Waals surface area contributed by atoms with E-state index in [0.29, 0.717) is 0 Å². The molecule has 0 saturated heterocycles. The topological polar surface area (TPSA) is 187 Å². The molecule has 8 N–H and O–H groups in total. The Morgan fingerprint density at radius 2 is 0.688 bits per heavy atom. The molecule has 0 unspecified atom stereocenters. The van der Waals surface area contributed by atoms with Gasteiger partial charge in [-0.1, -0.05) is 13.8 Å². The Morgan fingerprint density at radius 1 is 0.688 bits per heavy atom. The van der Waals surface area contributed by atoms with Gasteiger partial charge in [0.2, 0.25) is 0 Å². The average Bonchev–Trinajstić information content (AvgIpc) is 1.59. The van der Waals surface area contributed by atoms with Gasteiger partial charge in [0, 0.05) is 0 Å². The van der Waals surface area contributed by atoms with Gasteiger partial charge in [-0.2, -0.15) is 0 Å². The van der Waals surface area contributed by atoms with E-state index in [-0.39, 0.29) is 98.4 Å². The largest absolute Gasteiger partial charge is 1.00 e. The van der Waals surface area contributed by atoms with Gasteiger partial charge < -0.3 is 39.1 Å². The van der Waals surface area contributed by atoms with Gasteiger partial charge in [-0.3, -0.25) is 0 Å². The summed E-state index contributed by atoms with van der Waals surface area (Å²) in [5.41, 5.74) is 0. The number of phosphoric acid groups is 2. The number of rotatable bonds is 0. The van der Waals surface area contributed by atoms with Crippen LogP contribution >= 0.6 is 15.6 Å². The van der Waals surface area contributed by atoms with Gasteiger partial charge in [-0.05, 0) is 0 Å². The van der Waals surface area contributed by atoms with Crippen molar-refractivity contribution in [1.82, 2.24) is 0 Å². The van der Waals surface area contributed by atoms with Crippen LogP contribution in [0.2, 0.25) is 0 Å². The standard InChI is InChI=1S/C2H6.3Na.2H3O4P.H2O.3H/c1-2;;;;2*1-5(2,3)4;;;;/h1-2H3;;;;2*(H3,1,2,3,4);1H2;;;/q;3*+1;;;;3*-1. The zero-order chi connectivity index (χ0) is 11.0. The van der Waals surface area contributed by atoms with E-state index in [1.807, 2.05) is 13.8 Å². The average molecular weight is 316 g/mol. The predicted molar refractivity (Wildman–Crippen MR) is 46.8 cm³/mol. The van der Waals surface area contributed by atoms with E-state index in [4.69, 9.17) is 38.5 Å². The molecule has 0 aliphatic rings. The molecule has 0 aliphatic heterocycles. The molecular formula is C2H17Na3O9P2. The minimum atomic E-state index is -4.64. The maximum atomic E-state index is 8.88. The molecule has 0 fully saturated rings. The van der Waals surface area contributed by atoms with Crippen molar-refractivity contribution in [3.63, 3.8) is 0 Å². The first-order valence-corrected chi connectivity index (χ1v) is 5.70. The summed E-state index contributed by atoms with van der Waals surface area (Å²) < 4.78 is 17.8. The first-order chi connectivity index (χ1) is 5.00. The number of hydrogen-bond donors (Lipinski definition) is 6. The fourth-order valence-corrected chi connectivity index (χ4v) is 0. The number of hydrogen-bond acceptors (Lipinski definition) is 2. The van der Waals surface area contributed by atoms with E-state index >= 15 is 0 Å². The molecule has 0 atom stereocenters. The van der Waals surface area contributed by atoms with Crippen molar-refractivity contribution in [2.45, 2.75) is 13.8 Å². The van der Waals surface area contributed by atoms with Crippen LogP contribution in [-0.4, -0.2) is 34.8 Å². The van der Waals surface area contributed by atoms with Crippen LogP contribution in [0.3, 0.4) is 0 Å². The smallest absolute Gasteiger partial charge is 1.00 e. The first-order valence-electron chi connectivity index (χ1n) is 2.57. The zero-order valence-electron chi connectivity index (χ0n) is 12.9. The molecule has 0 aromatic heterocycles. The SMILES string of the molecule is CC.O.O=P(O)(O)O.O=P(O)(O)O.[H-].[H-].[H-].[Na+].[Na+].[Na+]. The van der Waals surface area contributed by atoms with E-state index in [1.54, 1.807) is 0 Å². The Balaban J connectivity index is -0.00000000709. The van der Waals surface area contributed by atoms with Crippen molar-refractivity contribution in [3.8, 4) is 0 Å². The molecule has 0 aliphatic carbocycles. The van der Waals surface area contributed by atoms with Crippen LogP contribution in [0.4, 0.5) is 0 Å². The van der Waals surface area contributed by atoms with Crippen molar-refractivity contribution in [3.05, 3.63) is 0 Å². The Labute approximate surface area is 164 Å². The summed E-state index contributed by atoms with van der Waals surface area (Å²) in [6.45, 7) is 4.00. The first kappa shape index (κ1) is 42.7. The molecule has 0 saturated carbocycles. The van der Waals surface area contributed by atoms with Gasteiger partial charge in [-0.15, -0.1) is 0 Å². The van der Waals surface area contributed by atoms with Crippen LogP contribution in [0.5, 0.6) is 0 Å². The molecule has 0 aromatic rings. The van der Waals surface area contributed by atoms with Gasteiger partial charge >= 0.3 is 104 Å². The van der Waals surface area contributed by atoms with Gasteiger partial charge in [0.1, 0.15) is 0 Å². The minimum absolute atomic E-state index is 0. The minimum Gasteiger partial charge on any atom is -1.00 e. The van der Waals surface area contributed by atoms with Gasteiger partial charge in [0.05, 0.1) is 0 Å². The van der Waals surface area contributed by atoms with Crippen molar-refractivity contribution in [1.29, 1.82) is 0 Å². The second kappa shape index (κ2) is 23.3. The Bertz CT molecular complexity index is 151. The van der Waals surface area contributed by atoms with Crippen LogP contribution < -0.4 is 88.7 Å². The molecule has 92 valence electrons. The van der Waals surface area contributed by atoms with Crippen molar-refractivity contribution >= 4 is 15.6 Å². The van der Waals surface area contributed by atoms with Gasteiger partial charge in [-0.25, -0.2) is 9.13 Å². The van der Waals surface area contributed by atoms with Crippen molar-refractivity contribution < 1.29 is 137 Å². The van der Waals surface area contributed by atoms with E-state index in [9.17, 15) is 0 Å². The Kier molecular flexibility index (Phi) is 62.2. The summed E-state index contributed by atoms with van der Waals surface area (Å²) in [5.74, 6) is 0. The predicted octanol–water partition coefficient (Wildman–Crippen LogP) is -10.3. The zero-order valence-corrected chi connectivity index (χ0v) is 17.7. The Hall–Kier alpha value is 3.18. The maximum absolute atomic E-state index is 8.88. The van der Waals surface area contributed by atoms with Crippen molar-refractivity contribution in [2.75, 3.05) is 0 Å². The summed E-state index contributed by atoms with van der Waals surface area (Å²) in [6, 6.07) is 0. The van der Waals surface area contributed by atoms with Crippen LogP contribution in [0.1, 0.15) is 18.1 Å². The molecule has 14 heteroatoms. The van der Waals surface area contributed by atoms with Gasteiger partial charge in [0.25, 0.3) is 0 Å². The van der Waals surface area contributed by atoms with Crippen LogP contribution in [0.25, 0.3) is 0 Å². The molecule has 0 spiro atoms. The van der Waals surface area contributed by atoms with Crippen LogP contribution in [0.15, 0.2) is 0 Å². The quantitative estimate of drug-likeness (QED) is 0.188. The second-order valence-corrected chi connectivity index (χ2v) is 3.08. The summed E-state index contributed by atoms with van der Waals surface area (Å²) in [5, 5.41) is 0. The summed E-state index contributed by atoms with van der Waals surface area (Å²) >= 11 is 0. The molecule has 9 nitrogen and oxygen atoms in total. The van der Waals surface area contributed by atoms with E-state index in [0.717, 1.165) is 0 Å². The van der Waals surface area contributed by atoms with Crippen LogP contribution in [-0.2, 0) is 9.13 Å². The van der Waals surface area contributed by atoms with Crippen LogP contribution in [0, 0.1) is 0 Å².